The Kier molecular flexibility index (Phi) is 5.37. The number of carbonyl (C=O) groups is 1. The van der Waals surface area contributed by atoms with Gasteiger partial charge < -0.3 is 9.52 Å². The minimum Gasteiger partial charge on any atom is -0.480 e. The molecular formula is C18H13Cl2NO3S. The molecule has 7 heteroatoms. The van der Waals surface area contributed by atoms with Crippen LogP contribution in [0, 0.1) is 0 Å². The summed E-state index contributed by atoms with van der Waals surface area (Å²) in [7, 11) is 0. The summed E-state index contributed by atoms with van der Waals surface area (Å²) in [6, 6.07) is 14.4. The Morgan fingerprint density at radius 2 is 1.56 bits per heavy atom. The molecule has 1 N–H and O–H groups in total. The average Bonchev–Trinajstić information content (AvgIpc) is 3.00. The molecule has 0 amide bonds. The minimum absolute atomic E-state index is 0.296. The number of benzene rings is 2. The quantitative estimate of drug-likeness (QED) is 0.548. The fourth-order valence-electron chi connectivity index (χ4n) is 2.15. The number of oxazole rings is 1. The van der Waals surface area contributed by atoms with Crippen molar-refractivity contribution < 1.29 is 14.3 Å². The Labute approximate surface area is 158 Å². The fraction of sp³-hybridized carbons (Fsp3) is 0.111. The van der Waals surface area contributed by atoms with Crippen molar-refractivity contribution in [2.24, 2.45) is 0 Å². The number of hydrogen-bond acceptors (Lipinski definition) is 4. The van der Waals surface area contributed by atoms with Gasteiger partial charge in [-0.1, -0.05) is 47.1 Å². The number of aliphatic carboxylic acids is 1. The predicted molar refractivity (Wildman–Crippen MR) is 100 cm³/mol. The summed E-state index contributed by atoms with van der Waals surface area (Å²) < 4.78 is 5.86. The maximum absolute atomic E-state index is 11.1. The normalized spacial score (nSPS) is 12.1. The molecule has 25 heavy (non-hydrogen) atoms. The molecule has 0 aliphatic carbocycles. The third kappa shape index (κ3) is 4.18. The molecule has 128 valence electrons. The molecule has 3 rings (SSSR count). The summed E-state index contributed by atoms with van der Waals surface area (Å²) >= 11 is 13.0. The lowest BCUT2D eigenvalue weighted by molar-refractivity contribution is -0.136. The van der Waals surface area contributed by atoms with Crippen molar-refractivity contribution in [3.8, 4) is 22.6 Å². The van der Waals surface area contributed by atoms with Gasteiger partial charge in [0.25, 0.3) is 5.22 Å². The molecule has 4 nitrogen and oxygen atoms in total. The van der Waals surface area contributed by atoms with E-state index in [1.54, 1.807) is 31.2 Å². The van der Waals surface area contributed by atoms with E-state index in [4.69, 9.17) is 32.7 Å². The van der Waals surface area contributed by atoms with Crippen LogP contribution in [0.5, 0.6) is 0 Å². The van der Waals surface area contributed by atoms with Gasteiger partial charge in [0.1, 0.15) is 10.9 Å². The van der Waals surface area contributed by atoms with E-state index in [2.05, 4.69) is 4.98 Å². The average molecular weight is 394 g/mol. The van der Waals surface area contributed by atoms with Crippen LogP contribution in [0.4, 0.5) is 0 Å². The van der Waals surface area contributed by atoms with Gasteiger partial charge in [-0.15, -0.1) is 0 Å². The second-order valence-electron chi connectivity index (χ2n) is 5.27. The highest BCUT2D eigenvalue weighted by Crippen LogP contribution is 2.37. The molecular weight excluding hydrogens is 381 g/mol. The summed E-state index contributed by atoms with van der Waals surface area (Å²) in [6.45, 7) is 1.58. The zero-order valence-corrected chi connectivity index (χ0v) is 15.4. The molecule has 1 heterocycles. The smallest absolute Gasteiger partial charge is 0.316 e. The Morgan fingerprint density at radius 3 is 2.08 bits per heavy atom. The van der Waals surface area contributed by atoms with Gasteiger partial charge in [-0.05, 0) is 43.3 Å². The molecule has 0 radical (unpaired) electrons. The van der Waals surface area contributed by atoms with Crippen LogP contribution in [0.1, 0.15) is 6.92 Å². The van der Waals surface area contributed by atoms with E-state index in [1.165, 1.54) is 0 Å². The highest BCUT2D eigenvalue weighted by molar-refractivity contribution is 8.00. The van der Waals surface area contributed by atoms with Crippen LogP contribution in [-0.2, 0) is 4.79 Å². The van der Waals surface area contributed by atoms with Crippen molar-refractivity contribution in [2.75, 3.05) is 0 Å². The maximum atomic E-state index is 11.1. The van der Waals surface area contributed by atoms with Gasteiger partial charge in [0, 0.05) is 21.2 Å². The molecule has 0 aliphatic rings. The van der Waals surface area contributed by atoms with Crippen molar-refractivity contribution >= 4 is 40.9 Å². The van der Waals surface area contributed by atoms with Crippen LogP contribution in [0.15, 0.2) is 58.2 Å². The summed E-state index contributed by atoms with van der Waals surface area (Å²) in [5.41, 5.74) is 2.25. The molecule has 1 aromatic heterocycles. The van der Waals surface area contributed by atoms with Gasteiger partial charge in [0.15, 0.2) is 5.76 Å². The molecule has 0 bridgehead atoms. The fourth-order valence-corrected chi connectivity index (χ4v) is 3.08. The van der Waals surface area contributed by atoms with Gasteiger partial charge in [0.2, 0.25) is 0 Å². The van der Waals surface area contributed by atoms with Gasteiger partial charge in [-0.25, -0.2) is 4.98 Å². The molecule has 3 aromatic rings. The van der Waals surface area contributed by atoms with E-state index in [0.717, 1.165) is 22.9 Å². The molecule has 0 saturated heterocycles. The van der Waals surface area contributed by atoms with Crippen LogP contribution in [0.25, 0.3) is 22.6 Å². The number of carboxylic acids is 1. The zero-order valence-electron chi connectivity index (χ0n) is 13.1. The maximum Gasteiger partial charge on any atom is 0.316 e. The first-order chi connectivity index (χ1) is 11.9. The standard InChI is InChI=1S/C18H13Cl2NO3S/c1-10(17(22)23)25-18-21-15(11-2-6-13(19)7-3-11)16(24-18)12-4-8-14(20)9-5-12/h2-10H,1H3,(H,22,23)/t10-/m1/s1. The Bertz CT molecular complexity index is 829. The van der Waals surface area contributed by atoms with Gasteiger partial charge in [-0.2, -0.15) is 0 Å². The van der Waals surface area contributed by atoms with Crippen LogP contribution in [0.3, 0.4) is 0 Å². The van der Waals surface area contributed by atoms with Crippen molar-refractivity contribution in [3.05, 3.63) is 58.6 Å². The molecule has 2 aromatic carbocycles. The molecule has 0 fully saturated rings. The summed E-state index contributed by atoms with van der Waals surface area (Å²) in [5, 5.41) is 9.96. The third-order valence-electron chi connectivity index (χ3n) is 3.46. The predicted octanol–water partition coefficient (Wildman–Crippen LogP) is 5.88. The van der Waals surface area contributed by atoms with E-state index in [9.17, 15) is 4.79 Å². The van der Waals surface area contributed by atoms with Gasteiger partial charge in [0.05, 0.1) is 0 Å². The number of thioether (sulfide) groups is 1. The lowest BCUT2D eigenvalue weighted by atomic mass is 10.1. The number of rotatable bonds is 5. The van der Waals surface area contributed by atoms with Crippen molar-refractivity contribution in [1.82, 2.24) is 4.98 Å². The summed E-state index contributed by atoms with van der Waals surface area (Å²) in [4.78, 5) is 15.6. The number of nitrogens with zero attached hydrogens (tertiary/aromatic N) is 1. The topological polar surface area (TPSA) is 63.3 Å². The molecule has 0 aliphatic heterocycles. The van der Waals surface area contributed by atoms with Crippen molar-refractivity contribution in [3.63, 3.8) is 0 Å². The molecule has 0 saturated carbocycles. The van der Waals surface area contributed by atoms with Gasteiger partial charge in [-0.3, -0.25) is 4.79 Å². The van der Waals surface area contributed by atoms with Crippen molar-refractivity contribution in [2.45, 2.75) is 17.4 Å². The van der Waals surface area contributed by atoms with E-state index >= 15 is 0 Å². The largest absolute Gasteiger partial charge is 0.480 e. The Morgan fingerprint density at radius 1 is 1.04 bits per heavy atom. The molecule has 0 spiro atoms. The number of hydrogen-bond donors (Lipinski definition) is 1. The van der Waals surface area contributed by atoms with Crippen LogP contribution in [0.2, 0.25) is 10.0 Å². The summed E-state index contributed by atoms with van der Waals surface area (Å²) in [5.74, 6) is -0.372. The van der Waals surface area contributed by atoms with Gasteiger partial charge >= 0.3 is 5.97 Å². The van der Waals surface area contributed by atoms with E-state index < -0.39 is 11.2 Å². The highest BCUT2D eigenvalue weighted by atomic mass is 35.5. The number of carboxylic acid groups (broad SMARTS) is 1. The highest BCUT2D eigenvalue weighted by Gasteiger charge is 2.21. The zero-order chi connectivity index (χ0) is 18.0. The SMILES string of the molecule is C[C@@H](Sc1nc(-c2ccc(Cl)cc2)c(-c2ccc(Cl)cc2)o1)C(=O)O. The van der Waals surface area contributed by atoms with E-state index in [-0.39, 0.29) is 0 Å². The van der Waals surface area contributed by atoms with E-state index in [0.29, 0.717) is 26.7 Å². The molecule has 0 unspecified atom stereocenters. The lowest BCUT2D eigenvalue weighted by Gasteiger charge is -2.02. The van der Waals surface area contributed by atoms with Crippen LogP contribution >= 0.6 is 35.0 Å². The number of aromatic nitrogens is 1. The summed E-state index contributed by atoms with van der Waals surface area (Å²) in [6.07, 6.45) is 0. The number of halogens is 2. The lowest BCUT2D eigenvalue weighted by Crippen LogP contribution is -2.10. The first kappa shape index (κ1) is 17.9. The second-order valence-corrected chi connectivity index (χ2v) is 7.43. The van der Waals surface area contributed by atoms with Crippen LogP contribution < -0.4 is 0 Å². The van der Waals surface area contributed by atoms with Crippen molar-refractivity contribution in [1.29, 1.82) is 0 Å². The Hall–Kier alpha value is -1.95. The second kappa shape index (κ2) is 7.52. The monoisotopic (exact) mass is 393 g/mol. The minimum atomic E-state index is -0.927. The third-order valence-corrected chi connectivity index (χ3v) is 4.89. The first-order valence-corrected chi connectivity index (χ1v) is 9.00. The molecule has 1 atom stereocenters. The van der Waals surface area contributed by atoms with Crippen LogP contribution in [-0.4, -0.2) is 21.3 Å². The Balaban J connectivity index is 2.07. The first-order valence-electron chi connectivity index (χ1n) is 7.36. The van der Waals surface area contributed by atoms with E-state index in [1.807, 2.05) is 24.3 Å².